The van der Waals surface area contributed by atoms with E-state index in [9.17, 15) is 4.79 Å². The molecule has 2 fully saturated rings. The Morgan fingerprint density at radius 1 is 1.62 bits per heavy atom. The molecular weight excluding hydrogens is 166 g/mol. The maximum atomic E-state index is 11.4. The second kappa shape index (κ2) is 3.29. The van der Waals surface area contributed by atoms with Crippen LogP contribution < -0.4 is 5.32 Å². The Bertz CT molecular complexity index is 207. The maximum absolute atomic E-state index is 11.4. The SMILES string of the molecule is CC1(CNC(=O)C2CCO2)CCC1. The molecule has 1 N–H and O–H groups in total. The summed E-state index contributed by atoms with van der Waals surface area (Å²) in [6.07, 6.45) is 4.55. The lowest BCUT2D eigenvalue weighted by Gasteiger charge is -2.39. The molecule has 1 aliphatic heterocycles. The third-order valence-electron chi connectivity index (χ3n) is 3.24. The molecule has 0 radical (unpaired) electrons. The number of carbonyl (C=O) groups excluding carboxylic acids is 1. The molecule has 1 heterocycles. The van der Waals surface area contributed by atoms with E-state index in [-0.39, 0.29) is 12.0 Å². The van der Waals surface area contributed by atoms with Gasteiger partial charge < -0.3 is 10.1 Å². The molecule has 1 amide bonds. The van der Waals surface area contributed by atoms with Crippen LogP contribution in [0.1, 0.15) is 32.6 Å². The number of hydrogen-bond donors (Lipinski definition) is 1. The second-order valence-electron chi connectivity index (χ2n) is 4.53. The number of rotatable bonds is 3. The molecule has 2 rings (SSSR count). The molecule has 1 aliphatic carbocycles. The van der Waals surface area contributed by atoms with E-state index in [0.717, 1.165) is 19.6 Å². The Morgan fingerprint density at radius 3 is 2.69 bits per heavy atom. The summed E-state index contributed by atoms with van der Waals surface area (Å²) in [6.45, 7) is 3.81. The van der Waals surface area contributed by atoms with Gasteiger partial charge in [-0.2, -0.15) is 0 Å². The summed E-state index contributed by atoms with van der Waals surface area (Å²) in [5.74, 6) is 0.0828. The van der Waals surface area contributed by atoms with Crippen molar-refractivity contribution in [2.75, 3.05) is 13.2 Å². The van der Waals surface area contributed by atoms with Gasteiger partial charge in [0, 0.05) is 13.0 Å². The molecular formula is C10H17NO2. The molecule has 1 saturated heterocycles. The predicted octanol–water partition coefficient (Wildman–Crippen LogP) is 1.08. The van der Waals surface area contributed by atoms with Crippen molar-refractivity contribution in [2.24, 2.45) is 5.41 Å². The first-order valence-electron chi connectivity index (χ1n) is 5.09. The Kier molecular flexibility index (Phi) is 2.28. The number of ether oxygens (including phenoxy) is 1. The van der Waals surface area contributed by atoms with Gasteiger partial charge in [0.25, 0.3) is 0 Å². The van der Waals surface area contributed by atoms with Crippen LogP contribution in [0.5, 0.6) is 0 Å². The summed E-state index contributed by atoms with van der Waals surface area (Å²) < 4.78 is 5.10. The van der Waals surface area contributed by atoms with Crippen molar-refractivity contribution in [3.8, 4) is 0 Å². The van der Waals surface area contributed by atoms with Crippen LogP contribution in [-0.4, -0.2) is 25.2 Å². The Labute approximate surface area is 78.8 Å². The smallest absolute Gasteiger partial charge is 0.249 e. The highest BCUT2D eigenvalue weighted by Gasteiger charge is 2.33. The molecule has 0 aromatic heterocycles. The zero-order valence-corrected chi connectivity index (χ0v) is 8.14. The fourth-order valence-electron chi connectivity index (χ4n) is 1.81. The Hall–Kier alpha value is -0.570. The molecule has 1 saturated carbocycles. The molecule has 3 heteroatoms. The van der Waals surface area contributed by atoms with Gasteiger partial charge in [0.15, 0.2) is 0 Å². The molecule has 0 aromatic carbocycles. The minimum absolute atomic E-state index is 0.0828. The number of carbonyl (C=O) groups is 1. The summed E-state index contributed by atoms with van der Waals surface area (Å²) in [6, 6.07) is 0. The van der Waals surface area contributed by atoms with E-state index in [4.69, 9.17) is 4.74 Å². The third-order valence-corrected chi connectivity index (χ3v) is 3.24. The zero-order chi connectivity index (χ0) is 9.31. The van der Waals surface area contributed by atoms with Crippen molar-refractivity contribution in [1.82, 2.24) is 5.32 Å². The average molecular weight is 183 g/mol. The molecule has 0 bridgehead atoms. The molecule has 13 heavy (non-hydrogen) atoms. The van der Waals surface area contributed by atoms with Gasteiger partial charge in [-0.15, -0.1) is 0 Å². The lowest BCUT2D eigenvalue weighted by molar-refractivity contribution is -0.145. The van der Waals surface area contributed by atoms with E-state index in [0.29, 0.717) is 5.41 Å². The van der Waals surface area contributed by atoms with Crippen molar-refractivity contribution < 1.29 is 9.53 Å². The molecule has 1 unspecified atom stereocenters. The number of amides is 1. The van der Waals surface area contributed by atoms with Crippen LogP contribution in [0.3, 0.4) is 0 Å². The van der Waals surface area contributed by atoms with Gasteiger partial charge in [-0.3, -0.25) is 4.79 Å². The van der Waals surface area contributed by atoms with Crippen molar-refractivity contribution in [3.05, 3.63) is 0 Å². The van der Waals surface area contributed by atoms with Crippen LogP contribution in [0.2, 0.25) is 0 Å². The van der Waals surface area contributed by atoms with Gasteiger partial charge in [0.05, 0.1) is 6.61 Å². The fraction of sp³-hybridized carbons (Fsp3) is 0.900. The quantitative estimate of drug-likeness (QED) is 0.711. The van der Waals surface area contributed by atoms with E-state index >= 15 is 0 Å². The van der Waals surface area contributed by atoms with Crippen molar-refractivity contribution in [2.45, 2.75) is 38.7 Å². The summed E-state index contributed by atoms with van der Waals surface area (Å²) in [7, 11) is 0. The molecule has 0 spiro atoms. The van der Waals surface area contributed by atoms with Crippen molar-refractivity contribution in [1.29, 1.82) is 0 Å². The fourth-order valence-corrected chi connectivity index (χ4v) is 1.81. The van der Waals surface area contributed by atoms with Crippen LogP contribution in [0.15, 0.2) is 0 Å². The van der Waals surface area contributed by atoms with E-state index in [1.807, 2.05) is 0 Å². The minimum atomic E-state index is -0.149. The number of hydrogen-bond acceptors (Lipinski definition) is 2. The number of nitrogens with one attached hydrogen (secondary N) is 1. The first-order chi connectivity index (χ1) is 6.20. The van der Waals surface area contributed by atoms with Gasteiger partial charge in [0.1, 0.15) is 6.10 Å². The lowest BCUT2D eigenvalue weighted by Crippen LogP contribution is -2.47. The monoisotopic (exact) mass is 183 g/mol. The average Bonchev–Trinajstić information content (AvgIpc) is 1.94. The topological polar surface area (TPSA) is 38.3 Å². The highest BCUT2D eigenvalue weighted by atomic mass is 16.5. The molecule has 74 valence electrons. The first kappa shape index (κ1) is 9.00. The first-order valence-corrected chi connectivity index (χ1v) is 5.09. The zero-order valence-electron chi connectivity index (χ0n) is 8.14. The van der Waals surface area contributed by atoms with Gasteiger partial charge in [-0.25, -0.2) is 0 Å². The Balaban J connectivity index is 1.69. The van der Waals surface area contributed by atoms with Crippen LogP contribution >= 0.6 is 0 Å². The van der Waals surface area contributed by atoms with E-state index in [1.165, 1.54) is 19.3 Å². The van der Waals surface area contributed by atoms with Gasteiger partial charge in [-0.1, -0.05) is 13.3 Å². The summed E-state index contributed by atoms with van der Waals surface area (Å²) in [4.78, 5) is 11.4. The highest BCUT2D eigenvalue weighted by molar-refractivity contribution is 5.81. The third kappa shape index (κ3) is 1.85. The van der Waals surface area contributed by atoms with Crippen LogP contribution in [-0.2, 0) is 9.53 Å². The molecule has 1 atom stereocenters. The Morgan fingerprint density at radius 2 is 2.31 bits per heavy atom. The van der Waals surface area contributed by atoms with Gasteiger partial charge in [0.2, 0.25) is 5.91 Å². The molecule has 3 nitrogen and oxygen atoms in total. The van der Waals surface area contributed by atoms with E-state index in [2.05, 4.69) is 12.2 Å². The van der Waals surface area contributed by atoms with Crippen LogP contribution in [0.4, 0.5) is 0 Å². The van der Waals surface area contributed by atoms with Gasteiger partial charge in [-0.05, 0) is 18.3 Å². The largest absolute Gasteiger partial charge is 0.368 e. The standard InChI is InChI=1S/C10H17NO2/c1-10(4-2-5-10)7-11-9(12)8-3-6-13-8/h8H,2-7H2,1H3,(H,11,12). The van der Waals surface area contributed by atoms with Crippen LogP contribution in [0, 0.1) is 5.41 Å². The normalized spacial score (nSPS) is 30.1. The molecule has 0 aromatic rings. The van der Waals surface area contributed by atoms with Crippen LogP contribution in [0.25, 0.3) is 0 Å². The minimum Gasteiger partial charge on any atom is -0.368 e. The van der Waals surface area contributed by atoms with Crippen molar-refractivity contribution in [3.63, 3.8) is 0 Å². The predicted molar refractivity (Wildman–Crippen MR) is 49.3 cm³/mol. The van der Waals surface area contributed by atoms with Gasteiger partial charge >= 0.3 is 0 Å². The van der Waals surface area contributed by atoms with E-state index < -0.39 is 0 Å². The summed E-state index contributed by atoms with van der Waals surface area (Å²) >= 11 is 0. The summed E-state index contributed by atoms with van der Waals surface area (Å²) in [5.41, 5.74) is 0.374. The van der Waals surface area contributed by atoms with Crippen molar-refractivity contribution >= 4 is 5.91 Å². The second-order valence-corrected chi connectivity index (χ2v) is 4.53. The highest BCUT2D eigenvalue weighted by Crippen LogP contribution is 2.39. The maximum Gasteiger partial charge on any atom is 0.249 e. The summed E-state index contributed by atoms with van der Waals surface area (Å²) in [5, 5.41) is 2.96. The molecule has 2 aliphatic rings. The lowest BCUT2D eigenvalue weighted by atomic mass is 9.70. The van der Waals surface area contributed by atoms with E-state index in [1.54, 1.807) is 0 Å².